The van der Waals surface area contributed by atoms with Crippen molar-refractivity contribution < 1.29 is 14.6 Å². The zero-order valence-corrected chi connectivity index (χ0v) is 20.3. The first-order valence-electron chi connectivity index (χ1n) is 13.5. The van der Waals surface area contributed by atoms with Crippen LogP contribution < -0.4 is 5.63 Å². The van der Waals surface area contributed by atoms with E-state index in [1.807, 2.05) is 6.07 Å². The molecule has 182 valence electrons. The lowest BCUT2D eigenvalue weighted by molar-refractivity contribution is -0.203. The molecule has 33 heavy (non-hydrogen) atoms. The van der Waals surface area contributed by atoms with E-state index >= 15 is 0 Å². The minimum Gasteiger partial charge on any atom is -0.431 e. The molecule has 0 unspecified atom stereocenters. The summed E-state index contributed by atoms with van der Waals surface area (Å²) in [6.07, 6.45) is 12.7. The van der Waals surface area contributed by atoms with E-state index < -0.39 is 5.60 Å². The third kappa shape index (κ3) is 3.18. The topological polar surface area (TPSA) is 73.9 Å². The number of hydrogen-bond acceptors (Lipinski definition) is 5. The maximum Gasteiger partial charge on any atom is 0.335 e. The van der Waals surface area contributed by atoms with Crippen LogP contribution >= 0.6 is 0 Å². The van der Waals surface area contributed by atoms with E-state index in [0.29, 0.717) is 23.3 Å². The number of fused-ring (bicyclic) bond motifs is 5. The van der Waals surface area contributed by atoms with Crippen LogP contribution in [0.25, 0.3) is 0 Å². The lowest BCUT2D eigenvalue weighted by atomic mass is 9.43. The van der Waals surface area contributed by atoms with Gasteiger partial charge in [-0.2, -0.15) is 0 Å². The van der Waals surface area contributed by atoms with Crippen LogP contribution in [0.5, 0.6) is 0 Å². The predicted octanol–water partition coefficient (Wildman–Crippen LogP) is 4.32. The summed E-state index contributed by atoms with van der Waals surface area (Å²) in [5.74, 6) is 1.98. The molecule has 0 spiro atoms. The highest BCUT2D eigenvalue weighted by Gasteiger charge is 2.67. The zero-order chi connectivity index (χ0) is 23.0. The predicted molar refractivity (Wildman–Crippen MR) is 127 cm³/mol. The smallest absolute Gasteiger partial charge is 0.335 e. The van der Waals surface area contributed by atoms with Gasteiger partial charge in [0.2, 0.25) is 0 Å². The third-order valence-corrected chi connectivity index (χ3v) is 11.7. The molecule has 5 aliphatic rings. The highest BCUT2D eigenvalue weighted by molar-refractivity contribution is 5.27. The fraction of sp³-hybridized carbons (Fsp3) is 0.821. The molecule has 1 aromatic heterocycles. The van der Waals surface area contributed by atoms with Crippen LogP contribution in [0.4, 0.5) is 0 Å². The van der Waals surface area contributed by atoms with Gasteiger partial charge in [-0.25, -0.2) is 4.79 Å². The molecule has 5 heteroatoms. The monoisotopic (exact) mass is 455 g/mol. The molecule has 1 saturated heterocycles. The first-order chi connectivity index (χ1) is 15.7. The fourth-order valence-electron chi connectivity index (χ4n) is 9.74. The molecule has 6 rings (SSSR count). The third-order valence-electron chi connectivity index (χ3n) is 11.7. The molecule has 2 heterocycles. The maximum atomic E-state index is 12.4. The Bertz CT molecular complexity index is 941. The SMILES string of the molecule is C[C@]12CC[C@H](N3CC[C@@H](O)C3)C[C@H]1CC[C@@H]1[C@@H]2CC[C@]2(C)[C@@H](c3ccc(=O)oc3)CC[C@]12O. The van der Waals surface area contributed by atoms with Crippen molar-refractivity contribution >= 4 is 0 Å². The molecule has 1 aromatic rings. The van der Waals surface area contributed by atoms with Gasteiger partial charge >= 0.3 is 5.63 Å². The fourth-order valence-corrected chi connectivity index (χ4v) is 9.74. The number of hydrogen-bond donors (Lipinski definition) is 2. The molecule has 5 fully saturated rings. The molecule has 0 amide bonds. The largest absolute Gasteiger partial charge is 0.431 e. The van der Waals surface area contributed by atoms with Crippen LogP contribution in [0.2, 0.25) is 0 Å². The van der Waals surface area contributed by atoms with E-state index in [1.54, 1.807) is 6.26 Å². The van der Waals surface area contributed by atoms with Gasteiger partial charge in [0.15, 0.2) is 0 Å². The van der Waals surface area contributed by atoms with E-state index in [2.05, 4.69) is 18.7 Å². The van der Waals surface area contributed by atoms with E-state index in [4.69, 9.17) is 4.42 Å². The van der Waals surface area contributed by atoms with Crippen molar-refractivity contribution in [2.75, 3.05) is 13.1 Å². The van der Waals surface area contributed by atoms with Gasteiger partial charge in [-0.05, 0) is 105 Å². The molecule has 4 aliphatic carbocycles. The summed E-state index contributed by atoms with van der Waals surface area (Å²) in [7, 11) is 0. The molecule has 1 aliphatic heterocycles. The van der Waals surface area contributed by atoms with Crippen LogP contribution in [0.3, 0.4) is 0 Å². The number of nitrogens with zero attached hydrogens (tertiary/aromatic N) is 1. The Hall–Kier alpha value is -1.17. The lowest BCUT2D eigenvalue weighted by Crippen LogP contribution is -2.62. The average molecular weight is 456 g/mol. The highest BCUT2D eigenvalue weighted by Crippen LogP contribution is 2.70. The van der Waals surface area contributed by atoms with E-state index in [9.17, 15) is 15.0 Å². The van der Waals surface area contributed by atoms with Crippen molar-refractivity contribution in [3.8, 4) is 0 Å². The Morgan fingerprint density at radius 3 is 2.58 bits per heavy atom. The Balaban J connectivity index is 1.24. The maximum absolute atomic E-state index is 12.4. The Labute approximate surface area is 197 Å². The van der Waals surface area contributed by atoms with Gasteiger partial charge in [0.05, 0.1) is 18.0 Å². The number of β-amino-alcohol motifs (C(OH)–C–C–N with tert-alkyl or cyclic N) is 1. The first kappa shape index (κ1) is 22.3. The standard InChI is InChI=1S/C28H41NO4/c1-26-11-7-20(29-14-10-21(30)16-29)15-19(26)4-5-24-23(26)8-12-27(2)22(9-13-28(24,27)32)18-3-6-25(31)33-17-18/h3,6,17,19-24,30,32H,4-5,7-16H2,1-2H3/t19-,20+,21-,22-,23+,24-,26+,27-,28+/m1/s1. The van der Waals surface area contributed by atoms with Crippen LogP contribution in [-0.2, 0) is 0 Å². The summed E-state index contributed by atoms with van der Waals surface area (Å²) >= 11 is 0. The average Bonchev–Trinajstić information content (AvgIpc) is 3.35. The minimum atomic E-state index is -0.624. The van der Waals surface area contributed by atoms with Crippen LogP contribution in [0.1, 0.15) is 89.5 Å². The second-order valence-corrected chi connectivity index (χ2v) is 12.7. The van der Waals surface area contributed by atoms with Crippen molar-refractivity contribution in [3.05, 3.63) is 34.4 Å². The zero-order valence-electron chi connectivity index (χ0n) is 20.3. The van der Waals surface area contributed by atoms with Gasteiger partial charge in [0.25, 0.3) is 0 Å². The summed E-state index contributed by atoms with van der Waals surface area (Å²) in [6, 6.07) is 4.09. The summed E-state index contributed by atoms with van der Waals surface area (Å²) in [5.41, 5.74) is 0.332. The second-order valence-electron chi connectivity index (χ2n) is 12.7. The van der Waals surface area contributed by atoms with E-state index in [0.717, 1.165) is 56.7 Å². The lowest BCUT2D eigenvalue weighted by Gasteiger charge is -2.64. The van der Waals surface area contributed by atoms with Gasteiger partial charge < -0.3 is 14.6 Å². The van der Waals surface area contributed by atoms with E-state index in [-0.39, 0.29) is 23.1 Å². The van der Waals surface area contributed by atoms with Crippen molar-refractivity contribution in [2.24, 2.45) is 28.6 Å². The Kier molecular flexibility index (Phi) is 5.18. The van der Waals surface area contributed by atoms with Crippen LogP contribution in [0, 0.1) is 28.6 Å². The quantitative estimate of drug-likeness (QED) is 0.695. The summed E-state index contributed by atoms with van der Waals surface area (Å²) < 4.78 is 5.22. The van der Waals surface area contributed by atoms with Gasteiger partial charge in [0, 0.05) is 30.6 Å². The number of rotatable bonds is 2. The van der Waals surface area contributed by atoms with Gasteiger partial charge in [-0.1, -0.05) is 13.8 Å². The molecule has 0 radical (unpaired) electrons. The second kappa shape index (κ2) is 7.66. The molecule has 5 nitrogen and oxygen atoms in total. The van der Waals surface area contributed by atoms with E-state index in [1.165, 1.54) is 38.2 Å². The van der Waals surface area contributed by atoms with Crippen molar-refractivity contribution in [2.45, 2.75) is 102 Å². The molecule has 0 bridgehead atoms. The first-order valence-corrected chi connectivity index (χ1v) is 13.5. The van der Waals surface area contributed by atoms with Gasteiger partial charge in [-0.3, -0.25) is 4.90 Å². The van der Waals surface area contributed by atoms with Crippen LogP contribution in [0.15, 0.2) is 27.6 Å². The van der Waals surface area contributed by atoms with Gasteiger partial charge in [-0.15, -0.1) is 0 Å². The highest BCUT2D eigenvalue weighted by atomic mass is 16.4. The summed E-state index contributed by atoms with van der Waals surface area (Å²) in [6.45, 7) is 6.78. The summed E-state index contributed by atoms with van der Waals surface area (Å²) in [4.78, 5) is 14.1. The molecule has 4 saturated carbocycles. The Morgan fingerprint density at radius 2 is 1.85 bits per heavy atom. The molecule has 2 N–H and O–H groups in total. The molecular weight excluding hydrogens is 414 g/mol. The summed E-state index contributed by atoms with van der Waals surface area (Å²) in [5, 5.41) is 22.4. The molecule has 9 atom stereocenters. The number of aliphatic hydroxyl groups excluding tert-OH is 1. The minimum absolute atomic E-state index is 0.132. The van der Waals surface area contributed by atoms with Crippen molar-refractivity contribution in [1.29, 1.82) is 0 Å². The van der Waals surface area contributed by atoms with Crippen molar-refractivity contribution in [1.82, 2.24) is 4.90 Å². The number of likely N-dealkylation sites (tertiary alicyclic amines) is 1. The molecular formula is C28H41NO4. The number of aliphatic hydroxyl groups is 2. The normalized spacial score (nSPS) is 49.9. The van der Waals surface area contributed by atoms with Crippen LogP contribution in [-0.4, -0.2) is 45.9 Å². The molecule has 0 aromatic carbocycles. The van der Waals surface area contributed by atoms with Gasteiger partial charge in [0.1, 0.15) is 0 Å². The van der Waals surface area contributed by atoms with Crippen molar-refractivity contribution in [3.63, 3.8) is 0 Å². The Morgan fingerprint density at radius 1 is 1.00 bits per heavy atom.